The van der Waals surface area contributed by atoms with Crippen LogP contribution in [0, 0.1) is 6.92 Å². The molecule has 2 rings (SSSR count). The zero-order valence-corrected chi connectivity index (χ0v) is 14.5. The van der Waals surface area contributed by atoms with Crippen molar-refractivity contribution in [1.82, 2.24) is 0 Å². The van der Waals surface area contributed by atoms with E-state index in [4.69, 9.17) is 22.1 Å². The molecule has 112 valence electrons. The minimum absolute atomic E-state index is 0.141. The molecule has 0 aromatic heterocycles. The highest BCUT2D eigenvalue weighted by Gasteiger charge is 2.11. The first-order valence-corrected chi connectivity index (χ1v) is 8.14. The highest BCUT2D eigenvalue weighted by molar-refractivity contribution is 9.10. The van der Waals surface area contributed by atoms with E-state index < -0.39 is 0 Å². The van der Waals surface area contributed by atoms with Gasteiger partial charge in [0.05, 0.1) is 4.47 Å². The number of ether oxygens (including phenoxy) is 1. The molecule has 21 heavy (non-hydrogen) atoms. The van der Waals surface area contributed by atoms with E-state index in [-0.39, 0.29) is 6.04 Å². The average Bonchev–Trinajstić information content (AvgIpc) is 2.44. The first-order chi connectivity index (χ1) is 9.99. The lowest BCUT2D eigenvalue weighted by atomic mass is 10.0. The van der Waals surface area contributed by atoms with Crippen LogP contribution >= 0.6 is 27.5 Å². The highest BCUT2D eigenvalue weighted by Crippen LogP contribution is 2.34. The number of rotatable bonds is 5. The highest BCUT2D eigenvalue weighted by atomic mass is 79.9. The van der Waals surface area contributed by atoms with Crippen molar-refractivity contribution in [3.8, 4) is 11.5 Å². The summed E-state index contributed by atoms with van der Waals surface area (Å²) in [5.74, 6) is 1.59. The number of aryl methyl sites for hydroxylation is 1. The second kappa shape index (κ2) is 7.30. The van der Waals surface area contributed by atoms with Crippen LogP contribution in [0.2, 0.25) is 5.02 Å². The average molecular weight is 369 g/mol. The van der Waals surface area contributed by atoms with Crippen molar-refractivity contribution < 1.29 is 4.74 Å². The van der Waals surface area contributed by atoms with Gasteiger partial charge in [-0.25, -0.2) is 0 Å². The van der Waals surface area contributed by atoms with E-state index >= 15 is 0 Å². The third-order valence-corrected chi connectivity index (χ3v) is 4.19. The summed E-state index contributed by atoms with van der Waals surface area (Å²) in [6.45, 7) is 4.17. The smallest absolute Gasteiger partial charge is 0.141 e. The summed E-state index contributed by atoms with van der Waals surface area (Å²) in [6.07, 6.45) is 1.75. The van der Waals surface area contributed by atoms with Crippen molar-refractivity contribution >= 4 is 27.5 Å². The Labute approximate surface area is 139 Å². The van der Waals surface area contributed by atoms with Gasteiger partial charge in [0.15, 0.2) is 0 Å². The molecule has 0 fully saturated rings. The SMILES string of the molecule is CCC(N)Cc1cc(C)ccc1Oc1ccc(Cl)cc1Br. The van der Waals surface area contributed by atoms with Crippen LogP contribution in [0.25, 0.3) is 0 Å². The van der Waals surface area contributed by atoms with Gasteiger partial charge in [0, 0.05) is 11.1 Å². The van der Waals surface area contributed by atoms with Gasteiger partial charge in [-0.2, -0.15) is 0 Å². The van der Waals surface area contributed by atoms with Crippen molar-refractivity contribution in [1.29, 1.82) is 0 Å². The van der Waals surface area contributed by atoms with Gasteiger partial charge in [0.2, 0.25) is 0 Å². The Balaban J connectivity index is 2.30. The molecular formula is C17H19BrClNO. The Kier molecular flexibility index (Phi) is 5.68. The second-order valence-corrected chi connectivity index (χ2v) is 6.45. The van der Waals surface area contributed by atoms with Gasteiger partial charge in [0.1, 0.15) is 11.5 Å². The van der Waals surface area contributed by atoms with Crippen LogP contribution in [-0.2, 0) is 6.42 Å². The molecule has 0 saturated heterocycles. The standard InChI is InChI=1S/C17H19BrClNO/c1-3-14(20)9-12-8-11(2)4-6-16(12)21-17-7-5-13(19)10-15(17)18/h4-8,10,14H,3,9,20H2,1-2H3. The lowest BCUT2D eigenvalue weighted by molar-refractivity contribution is 0.469. The summed E-state index contributed by atoms with van der Waals surface area (Å²) in [5.41, 5.74) is 8.42. The van der Waals surface area contributed by atoms with Gasteiger partial charge in [0.25, 0.3) is 0 Å². The molecule has 2 N–H and O–H groups in total. The van der Waals surface area contributed by atoms with Gasteiger partial charge in [-0.1, -0.05) is 36.2 Å². The second-order valence-electron chi connectivity index (χ2n) is 5.16. The maximum atomic E-state index is 6.08. The van der Waals surface area contributed by atoms with Crippen molar-refractivity contribution in [2.24, 2.45) is 5.73 Å². The molecule has 2 aromatic carbocycles. The zero-order valence-electron chi connectivity index (χ0n) is 12.2. The van der Waals surface area contributed by atoms with E-state index in [1.54, 1.807) is 0 Å². The number of hydrogen-bond donors (Lipinski definition) is 1. The Morgan fingerprint density at radius 2 is 1.90 bits per heavy atom. The van der Waals surface area contributed by atoms with E-state index in [9.17, 15) is 0 Å². The Morgan fingerprint density at radius 3 is 2.57 bits per heavy atom. The third kappa shape index (κ3) is 4.47. The van der Waals surface area contributed by atoms with Crippen molar-refractivity contribution in [3.63, 3.8) is 0 Å². The van der Waals surface area contributed by atoms with Gasteiger partial charge in [-0.3, -0.25) is 0 Å². The molecule has 0 aliphatic rings. The van der Waals surface area contributed by atoms with E-state index in [2.05, 4.69) is 35.8 Å². The Morgan fingerprint density at radius 1 is 1.19 bits per heavy atom. The van der Waals surface area contributed by atoms with Gasteiger partial charge >= 0.3 is 0 Å². The summed E-state index contributed by atoms with van der Waals surface area (Å²) in [6, 6.07) is 11.8. The topological polar surface area (TPSA) is 35.2 Å². The van der Waals surface area contributed by atoms with Crippen LogP contribution in [0.4, 0.5) is 0 Å². The molecule has 1 unspecified atom stereocenters. The summed E-state index contributed by atoms with van der Waals surface area (Å²) < 4.78 is 6.87. The molecule has 0 saturated carbocycles. The molecule has 0 spiro atoms. The first-order valence-electron chi connectivity index (χ1n) is 6.97. The molecule has 0 radical (unpaired) electrons. The van der Waals surface area contributed by atoms with Crippen LogP contribution in [0.3, 0.4) is 0 Å². The first kappa shape index (κ1) is 16.3. The summed E-state index contributed by atoms with van der Waals surface area (Å²) in [5, 5.41) is 0.673. The Bertz CT molecular complexity index is 630. The number of benzene rings is 2. The molecule has 0 aliphatic heterocycles. The maximum Gasteiger partial charge on any atom is 0.141 e. The molecular weight excluding hydrogens is 350 g/mol. The maximum absolute atomic E-state index is 6.08. The monoisotopic (exact) mass is 367 g/mol. The van der Waals surface area contributed by atoms with Gasteiger partial charge < -0.3 is 10.5 Å². The predicted molar refractivity (Wildman–Crippen MR) is 92.4 cm³/mol. The quantitative estimate of drug-likeness (QED) is 0.758. The molecule has 0 amide bonds. The number of halogens is 2. The molecule has 1 atom stereocenters. The molecule has 0 bridgehead atoms. The number of nitrogens with two attached hydrogens (primary N) is 1. The van der Waals surface area contributed by atoms with E-state index in [1.807, 2.05) is 30.3 Å². The molecule has 2 aromatic rings. The van der Waals surface area contributed by atoms with Crippen LogP contribution in [0.5, 0.6) is 11.5 Å². The predicted octanol–water partition coefficient (Wildman–Crippen LogP) is 5.48. The number of hydrogen-bond acceptors (Lipinski definition) is 2. The van der Waals surface area contributed by atoms with Crippen LogP contribution in [0.1, 0.15) is 24.5 Å². The third-order valence-electron chi connectivity index (χ3n) is 3.34. The fourth-order valence-electron chi connectivity index (χ4n) is 2.07. The van der Waals surface area contributed by atoms with E-state index in [0.29, 0.717) is 5.02 Å². The lowest BCUT2D eigenvalue weighted by Crippen LogP contribution is -2.21. The summed E-state index contributed by atoms with van der Waals surface area (Å²) in [4.78, 5) is 0. The van der Waals surface area contributed by atoms with E-state index in [1.165, 1.54) is 5.56 Å². The molecule has 0 aliphatic carbocycles. The lowest BCUT2D eigenvalue weighted by Gasteiger charge is -2.16. The van der Waals surface area contributed by atoms with Crippen molar-refractivity contribution in [2.75, 3.05) is 0 Å². The van der Waals surface area contributed by atoms with Crippen LogP contribution < -0.4 is 10.5 Å². The molecule has 0 heterocycles. The molecule has 2 nitrogen and oxygen atoms in total. The van der Waals surface area contributed by atoms with Crippen LogP contribution in [-0.4, -0.2) is 6.04 Å². The Hall–Kier alpha value is -1.03. The zero-order chi connectivity index (χ0) is 15.4. The van der Waals surface area contributed by atoms with Gasteiger partial charge in [-0.15, -0.1) is 0 Å². The van der Waals surface area contributed by atoms with Gasteiger partial charge in [-0.05, 0) is 65.5 Å². The van der Waals surface area contributed by atoms with Crippen molar-refractivity contribution in [2.45, 2.75) is 32.7 Å². The van der Waals surface area contributed by atoms with Crippen molar-refractivity contribution in [3.05, 3.63) is 57.0 Å². The molecule has 4 heteroatoms. The summed E-state index contributed by atoms with van der Waals surface area (Å²) in [7, 11) is 0. The fourth-order valence-corrected chi connectivity index (χ4v) is 2.83. The fraction of sp³-hybridized carbons (Fsp3) is 0.294. The van der Waals surface area contributed by atoms with Crippen LogP contribution in [0.15, 0.2) is 40.9 Å². The largest absolute Gasteiger partial charge is 0.456 e. The van der Waals surface area contributed by atoms with E-state index in [0.717, 1.165) is 34.4 Å². The minimum atomic E-state index is 0.141. The normalized spacial score (nSPS) is 12.2. The minimum Gasteiger partial charge on any atom is -0.456 e. The summed E-state index contributed by atoms with van der Waals surface area (Å²) >= 11 is 9.43.